The molecule has 6 heteroatoms. The molecule has 5 nitrogen and oxygen atoms in total. The molecule has 1 aliphatic carbocycles. The van der Waals surface area contributed by atoms with Crippen LogP contribution in [0.15, 0.2) is 54.6 Å². The SMILES string of the molecule is CC[C@@H](O)CN(Cc1c(-c2ccccc2)nn(C)c1Oc1ccccc1Cl)CC1CC1. The van der Waals surface area contributed by atoms with E-state index >= 15 is 0 Å². The Morgan fingerprint density at radius 3 is 2.55 bits per heavy atom. The van der Waals surface area contributed by atoms with E-state index in [4.69, 9.17) is 21.4 Å². The van der Waals surface area contributed by atoms with Crippen LogP contribution in [0.5, 0.6) is 11.6 Å². The highest BCUT2D eigenvalue weighted by atomic mass is 35.5. The molecule has 1 atom stereocenters. The number of hydrogen-bond donors (Lipinski definition) is 1. The number of aryl methyl sites for hydroxylation is 1. The Bertz CT molecular complexity index is 1000. The molecule has 0 amide bonds. The summed E-state index contributed by atoms with van der Waals surface area (Å²) < 4.78 is 8.09. The van der Waals surface area contributed by atoms with Crippen LogP contribution in [0.2, 0.25) is 5.02 Å². The molecule has 1 heterocycles. The van der Waals surface area contributed by atoms with E-state index in [0.29, 0.717) is 35.7 Å². The third-order valence-corrected chi connectivity index (χ3v) is 6.03. The van der Waals surface area contributed by atoms with Gasteiger partial charge in [0.2, 0.25) is 5.88 Å². The van der Waals surface area contributed by atoms with Crippen molar-refractivity contribution in [1.29, 1.82) is 0 Å². The minimum atomic E-state index is -0.344. The normalized spacial score (nSPS) is 14.7. The number of aromatic nitrogens is 2. The molecule has 1 aromatic heterocycles. The maximum absolute atomic E-state index is 10.4. The summed E-state index contributed by atoms with van der Waals surface area (Å²) >= 11 is 6.37. The van der Waals surface area contributed by atoms with Crippen LogP contribution in [-0.2, 0) is 13.6 Å². The zero-order valence-corrected chi connectivity index (χ0v) is 18.9. The summed E-state index contributed by atoms with van der Waals surface area (Å²) in [6, 6.07) is 17.7. The molecular formula is C25H30ClN3O2. The number of benzene rings is 2. The first-order valence-corrected chi connectivity index (χ1v) is 11.4. The molecule has 2 aromatic carbocycles. The first kappa shape index (κ1) is 21.9. The van der Waals surface area contributed by atoms with Crippen molar-refractivity contribution in [2.75, 3.05) is 13.1 Å². The van der Waals surface area contributed by atoms with E-state index in [9.17, 15) is 5.11 Å². The quantitative estimate of drug-likeness (QED) is 0.452. The first-order valence-electron chi connectivity index (χ1n) is 11.0. The van der Waals surface area contributed by atoms with E-state index < -0.39 is 0 Å². The number of rotatable bonds is 10. The van der Waals surface area contributed by atoms with Gasteiger partial charge in [0.05, 0.1) is 16.7 Å². The summed E-state index contributed by atoms with van der Waals surface area (Å²) in [5.41, 5.74) is 2.96. The van der Waals surface area contributed by atoms with Crippen LogP contribution < -0.4 is 4.74 Å². The van der Waals surface area contributed by atoms with E-state index in [0.717, 1.165) is 29.8 Å². The standard InChI is InChI=1S/C25H30ClN3O2/c1-3-20(30)16-29(15-18-13-14-18)17-21-24(19-9-5-4-6-10-19)27-28(2)25(21)31-23-12-8-7-11-22(23)26/h4-12,18,20,30H,3,13-17H2,1-2H3/t20-/m1/s1. The van der Waals surface area contributed by atoms with Gasteiger partial charge in [-0.25, -0.2) is 4.68 Å². The van der Waals surface area contributed by atoms with Gasteiger partial charge in [-0.1, -0.05) is 61.0 Å². The Hall–Kier alpha value is -2.34. The van der Waals surface area contributed by atoms with Crippen molar-refractivity contribution in [3.8, 4) is 22.9 Å². The van der Waals surface area contributed by atoms with E-state index in [2.05, 4.69) is 17.0 Å². The van der Waals surface area contributed by atoms with E-state index in [1.165, 1.54) is 12.8 Å². The maximum Gasteiger partial charge on any atom is 0.222 e. The average molecular weight is 440 g/mol. The van der Waals surface area contributed by atoms with Crippen molar-refractivity contribution in [2.45, 2.75) is 38.8 Å². The van der Waals surface area contributed by atoms with Gasteiger partial charge < -0.3 is 9.84 Å². The molecule has 1 N–H and O–H groups in total. The van der Waals surface area contributed by atoms with Crippen molar-refractivity contribution in [3.63, 3.8) is 0 Å². The molecule has 164 valence electrons. The molecule has 0 saturated heterocycles. The van der Waals surface area contributed by atoms with Crippen LogP contribution >= 0.6 is 11.6 Å². The van der Waals surface area contributed by atoms with Crippen LogP contribution in [0.25, 0.3) is 11.3 Å². The van der Waals surface area contributed by atoms with Gasteiger partial charge in [0, 0.05) is 32.2 Å². The Kier molecular flexibility index (Phi) is 6.96. The van der Waals surface area contributed by atoms with E-state index in [1.54, 1.807) is 4.68 Å². The number of aliphatic hydroxyl groups excluding tert-OH is 1. The van der Waals surface area contributed by atoms with Gasteiger partial charge >= 0.3 is 0 Å². The smallest absolute Gasteiger partial charge is 0.222 e. The molecule has 1 saturated carbocycles. The first-order chi connectivity index (χ1) is 15.0. The highest BCUT2D eigenvalue weighted by molar-refractivity contribution is 6.32. The summed E-state index contributed by atoms with van der Waals surface area (Å²) in [4.78, 5) is 2.34. The average Bonchev–Trinajstić information content (AvgIpc) is 3.54. The van der Waals surface area contributed by atoms with Gasteiger partial charge in [0.1, 0.15) is 11.4 Å². The minimum Gasteiger partial charge on any atom is -0.437 e. The Morgan fingerprint density at radius 2 is 1.87 bits per heavy atom. The van der Waals surface area contributed by atoms with Crippen molar-refractivity contribution >= 4 is 11.6 Å². The summed E-state index contributed by atoms with van der Waals surface area (Å²) in [7, 11) is 1.90. The zero-order valence-electron chi connectivity index (χ0n) is 18.2. The molecular weight excluding hydrogens is 410 g/mol. The Morgan fingerprint density at radius 1 is 1.16 bits per heavy atom. The summed E-state index contributed by atoms with van der Waals surface area (Å²) in [5, 5.41) is 15.7. The van der Waals surface area contributed by atoms with E-state index in [-0.39, 0.29) is 6.10 Å². The number of para-hydroxylation sites is 1. The summed E-state index contributed by atoms with van der Waals surface area (Å²) in [6.45, 7) is 4.30. The number of aliphatic hydroxyl groups is 1. The van der Waals surface area contributed by atoms with E-state index in [1.807, 2.05) is 56.4 Å². The fourth-order valence-electron chi connectivity index (χ4n) is 3.80. The van der Waals surface area contributed by atoms with Gasteiger partial charge in [-0.3, -0.25) is 4.90 Å². The third kappa shape index (κ3) is 5.48. The number of nitrogens with zero attached hydrogens (tertiary/aromatic N) is 3. The molecule has 0 aliphatic heterocycles. The van der Waals surface area contributed by atoms with Crippen LogP contribution in [-0.4, -0.2) is 39.0 Å². The predicted octanol–water partition coefficient (Wildman–Crippen LogP) is 5.52. The topological polar surface area (TPSA) is 50.5 Å². The Labute approximate surface area is 189 Å². The molecule has 1 fully saturated rings. The molecule has 0 bridgehead atoms. The van der Waals surface area contributed by atoms with Gasteiger partial charge in [-0.05, 0) is 37.3 Å². The molecule has 0 radical (unpaired) electrons. The van der Waals surface area contributed by atoms with Crippen LogP contribution in [0.3, 0.4) is 0 Å². The highest BCUT2D eigenvalue weighted by Crippen LogP contribution is 2.37. The molecule has 0 unspecified atom stereocenters. The van der Waals surface area contributed by atoms with Gasteiger partial charge in [0.15, 0.2) is 0 Å². The Balaban J connectivity index is 1.72. The molecule has 1 aliphatic rings. The largest absolute Gasteiger partial charge is 0.437 e. The number of ether oxygens (including phenoxy) is 1. The fraction of sp³-hybridized carbons (Fsp3) is 0.400. The van der Waals surface area contributed by atoms with Crippen LogP contribution in [0.1, 0.15) is 31.7 Å². The summed E-state index contributed by atoms with van der Waals surface area (Å²) in [5.74, 6) is 2.00. The second kappa shape index (κ2) is 9.86. The maximum atomic E-state index is 10.4. The lowest BCUT2D eigenvalue weighted by Crippen LogP contribution is -2.33. The van der Waals surface area contributed by atoms with Crippen molar-refractivity contribution in [3.05, 3.63) is 65.2 Å². The van der Waals surface area contributed by atoms with Crippen LogP contribution in [0, 0.1) is 5.92 Å². The second-order valence-corrected chi connectivity index (χ2v) is 8.76. The third-order valence-electron chi connectivity index (χ3n) is 5.71. The van der Waals surface area contributed by atoms with Gasteiger partial charge in [-0.15, -0.1) is 0 Å². The minimum absolute atomic E-state index is 0.344. The molecule has 4 rings (SSSR count). The fourth-order valence-corrected chi connectivity index (χ4v) is 3.98. The van der Waals surface area contributed by atoms with Gasteiger partial charge in [0.25, 0.3) is 0 Å². The van der Waals surface area contributed by atoms with Crippen LogP contribution in [0.4, 0.5) is 0 Å². The molecule has 31 heavy (non-hydrogen) atoms. The zero-order chi connectivity index (χ0) is 21.8. The highest BCUT2D eigenvalue weighted by Gasteiger charge is 2.28. The van der Waals surface area contributed by atoms with Crippen molar-refractivity contribution < 1.29 is 9.84 Å². The predicted molar refractivity (Wildman–Crippen MR) is 124 cm³/mol. The van der Waals surface area contributed by atoms with Crippen molar-refractivity contribution in [2.24, 2.45) is 13.0 Å². The lowest BCUT2D eigenvalue weighted by atomic mass is 10.1. The number of hydrogen-bond acceptors (Lipinski definition) is 4. The summed E-state index contributed by atoms with van der Waals surface area (Å²) in [6.07, 6.45) is 2.92. The van der Waals surface area contributed by atoms with Crippen molar-refractivity contribution in [1.82, 2.24) is 14.7 Å². The second-order valence-electron chi connectivity index (χ2n) is 8.35. The molecule has 3 aromatic rings. The lowest BCUT2D eigenvalue weighted by Gasteiger charge is -2.25. The monoisotopic (exact) mass is 439 g/mol. The lowest BCUT2D eigenvalue weighted by molar-refractivity contribution is 0.102. The number of halogens is 1. The van der Waals surface area contributed by atoms with Gasteiger partial charge in [-0.2, -0.15) is 5.10 Å². The molecule has 0 spiro atoms.